The summed E-state index contributed by atoms with van der Waals surface area (Å²) < 4.78 is 40.2. The molecule has 202 valence electrons. The molecule has 0 heterocycles. The van der Waals surface area contributed by atoms with Crippen LogP contribution in [-0.2, 0) is 32.6 Å². The van der Waals surface area contributed by atoms with E-state index in [-0.39, 0.29) is 24.6 Å². The van der Waals surface area contributed by atoms with E-state index in [0.717, 1.165) is 22.2 Å². The molecule has 0 spiro atoms. The zero-order valence-electron chi connectivity index (χ0n) is 21.3. The van der Waals surface area contributed by atoms with Crippen molar-refractivity contribution in [1.29, 1.82) is 0 Å². The van der Waals surface area contributed by atoms with Crippen molar-refractivity contribution < 1.29 is 22.4 Å². The smallest absolute Gasteiger partial charge is 0.244 e. The summed E-state index contributed by atoms with van der Waals surface area (Å²) in [5.41, 5.74) is 1.43. The highest BCUT2D eigenvalue weighted by molar-refractivity contribution is 7.92. The molecule has 38 heavy (non-hydrogen) atoms. The average molecular weight is 560 g/mol. The van der Waals surface area contributed by atoms with Crippen LogP contribution in [0.4, 0.5) is 10.1 Å². The second-order valence-corrected chi connectivity index (χ2v) is 11.2. The molecule has 2 amide bonds. The van der Waals surface area contributed by atoms with E-state index in [2.05, 4.69) is 5.32 Å². The van der Waals surface area contributed by atoms with Crippen molar-refractivity contribution >= 4 is 39.1 Å². The third-order valence-corrected chi connectivity index (χ3v) is 7.40. The van der Waals surface area contributed by atoms with Crippen molar-refractivity contribution in [3.8, 4) is 0 Å². The zero-order chi connectivity index (χ0) is 27.7. The maximum Gasteiger partial charge on any atom is 0.244 e. The first-order valence-electron chi connectivity index (χ1n) is 12.2. The van der Waals surface area contributed by atoms with E-state index in [1.807, 2.05) is 37.3 Å². The molecule has 0 saturated carbocycles. The second kappa shape index (κ2) is 13.4. The molecule has 1 N–H and O–H groups in total. The van der Waals surface area contributed by atoms with Crippen LogP contribution in [0.3, 0.4) is 0 Å². The lowest BCUT2D eigenvalue weighted by atomic mass is 10.0. The van der Waals surface area contributed by atoms with Gasteiger partial charge in [0.1, 0.15) is 18.4 Å². The molecule has 3 aromatic rings. The highest BCUT2D eigenvalue weighted by Crippen LogP contribution is 2.23. The van der Waals surface area contributed by atoms with Gasteiger partial charge in [-0.1, -0.05) is 73.1 Å². The molecule has 0 aliphatic heterocycles. The Labute approximate surface area is 228 Å². The lowest BCUT2D eigenvalue weighted by molar-refractivity contribution is -0.140. The highest BCUT2D eigenvalue weighted by Gasteiger charge is 2.33. The predicted octanol–water partition coefficient (Wildman–Crippen LogP) is 4.41. The Kier molecular flexibility index (Phi) is 10.3. The van der Waals surface area contributed by atoms with Gasteiger partial charge in [-0.25, -0.2) is 12.8 Å². The minimum Gasteiger partial charge on any atom is -0.354 e. The van der Waals surface area contributed by atoms with Crippen molar-refractivity contribution in [1.82, 2.24) is 10.2 Å². The number of sulfonamides is 1. The number of nitrogens with one attached hydrogen (secondary N) is 1. The molecule has 0 unspecified atom stereocenters. The summed E-state index contributed by atoms with van der Waals surface area (Å²) in [6.45, 7) is 1.68. The summed E-state index contributed by atoms with van der Waals surface area (Å²) in [6.07, 6.45) is 1.84. The van der Waals surface area contributed by atoms with Crippen LogP contribution in [0.15, 0.2) is 78.9 Å². The van der Waals surface area contributed by atoms with E-state index in [4.69, 9.17) is 11.6 Å². The largest absolute Gasteiger partial charge is 0.354 e. The maximum absolute atomic E-state index is 14.0. The Bertz CT molecular complexity index is 1350. The van der Waals surface area contributed by atoms with E-state index in [1.165, 1.54) is 23.1 Å². The standard InChI is InChI=1S/C28H31ClFN3O4S/c1-3-16-31-28(35)26(17-21-10-5-4-6-11-21)32(19-22-12-7-8-15-25(22)29)27(34)20-33(38(2,36)37)24-14-9-13-23(30)18-24/h4-15,18,26H,3,16-17,19-20H2,1-2H3,(H,31,35)/t26-/m0/s1. The summed E-state index contributed by atoms with van der Waals surface area (Å²) in [5, 5.41) is 3.27. The third kappa shape index (κ3) is 8.03. The zero-order valence-corrected chi connectivity index (χ0v) is 22.9. The molecule has 10 heteroatoms. The molecule has 1 atom stereocenters. The van der Waals surface area contributed by atoms with Gasteiger partial charge < -0.3 is 10.2 Å². The van der Waals surface area contributed by atoms with Crippen LogP contribution < -0.4 is 9.62 Å². The van der Waals surface area contributed by atoms with Gasteiger partial charge in [-0.3, -0.25) is 13.9 Å². The summed E-state index contributed by atoms with van der Waals surface area (Å²) in [4.78, 5) is 28.6. The molecule has 7 nitrogen and oxygen atoms in total. The SMILES string of the molecule is CCCNC(=O)[C@H](Cc1ccccc1)N(Cc1ccccc1Cl)C(=O)CN(c1cccc(F)c1)S(C)(=O)=O. The Morgan fingerprint density at radius 2 is 1.68 bits per heavy atom. The van der Waals surface area contributed by atoms with Gasteiger partial charge in [0.05, 0.1) is 11.9 Å². The van der Waals surface area contributed by atoms with Gasteiger partial charge in [-0.15, -0.1) is 0 Å². The van der Waals surface area contributed by atoms with E-state index in [0.29, 0.717) is 23.6 Å². The van der Waals surface area contributed by atoms with Crippen molar-refractivity contribution in [2.75, 3.05) is 23.7 Å². The number of benzene rings is 3. The number of amides is 2. The normalized spacial score (nSPS) is 12.0. The molecule has 0 fully saturated rings. The van der Waals surface area contributed by atoms with Gasteiger partial charge in [0.15, 0.2) is 0 Å². The maximum atomic E-state index is 14.0. The molecular weight excluding hydrogens is 529 g/mol. The van der Waals surface area contributed by atoms with Crippen LogP contribution in [0.1, 0.15) is 24.5 Å². The molecule has 0 aliphatic carbocycles. The van der Waals surface area contributed by atoms with Crippen molar-refractivity contribution in [3.05, 3.63) is 101 Å². The third-order valence-electron chi connectivity index (χ3n) is 5.89. The van der Waals surface area contributed by atoms with Crippen molar-refractivity contribution in [3.63, 3.8) is 0 Å². The number of hydrogen-bond donors (Lipinski definition) is 1. The number of carbonyl (C=O) groups is 2. The Morgan fingerprint density at radius 1 is 1.00 bits per heavy atom. The minimum atomic E-state index is -3.97. The lowest BCUT2D eigenvalue weighted by Gasteiger charge is -2.33. The van der Waals surface area contributed by atoms with Crippen molar-refractivity contribution in [2.24, 2.45) is 0 Å². The van der Waals surface area contributed by atoms with Gasteiger partial charge in [-0.2, -0.15) is 0 Å². The summed E-state index contributed by atoms with van der Waals surface area (Å²) >= 11 is 6.41. The topological polar surface area (TPSA) is 86.8 Å². The highest BCUT2D eigenvalue weighted by atomic mass is 35.5. The summed E-state index contributed by atoms with van der Waals surface area (Å²) in [5.74, 6) is -1.64. The molecule has 0 aliphatic rings. The second-order valence-electron chi connectivity index (χ2n) is 8.86. The van der Waals surface area contributed by atoms with E-state index in [9.17, 15) is 22.4 Å². The van der Waals surface area contributed by atoms with Gasteiger partial charge >= 0.3 is 0 Å². The molecule has 0 radical (unpaired) electrons. The van der Waals surface area contributed by atoms with Crippen LogP contribution >= 0.6 is 11.6 Å². The predicted molar refractivity (Wildman–Crippen MR) is 148 cm³/mol. The number of rotatable bonds is 12. The average Bonchev–Trinajstić information content (AvgIpc) is 2.88. The fourth-order valence-corrected chi connectivity index (χ4v) is 5.01. The minimum absolute atomic E-state index is 0.00795. The van der Waals surface area contributed by atoms with Gasteiger partial charge in [0.2, 0.25) is 21.8 Å². The number of nitrogens with zero attached hydrogens (tertiary/aromatic N) is 2. The molecule has 3 aromatic carbocycles. The van der Waals surface area contributed by atoms with Crippen LogP contribution in [-0.4, -0.2) is 50.5 Å². The van der Waals surface area contributed by atoms with E-state index >= 15 is 0 Å². The first-order valence-corrected chi connectivity index (χ1v) is 14.4. The van der Waals surface area contributed by atoms with Crippen LogP contribution in [0, 0.1) is 5.82 Å². The van der Waals surface area contributed by atoms with E-state index < -0.39 is 34.3 Å². The van der Waals surface area contributed by atoms with Crippen LogP contribution in [0.25, 0.3) is 0 Å². The van der Waals surface area contributed by atoms with Gasteiger partial charge in [-0.05, 0) is 41.8 Å². The molecule has 0 saturated heterocycles. The number of halogens is 2. The first kappa shape index (κ1) is 29.1. The van der Waals surface area contributed by atoms with Gasteiger partial charge in [0, 0.05) is 24.5 Å². The quantitative estimate of drug-likeness (QED) is 0.356. The summed E-state index contributed by atoms with van der Waals surface area (Å²) in [7, 11) is -3.97. The molecule has 0 aromatic heterocycles. The molecule has 0 bridgehead atoms. The van der Waals surface area contributed by atoms with Crippen LogP contribution in [0.5, 0.6) is 0 Å². The van der Waals surface area contributed by atoms with Gasteiger partial charge in [0.25, 0.3) is 0 Å². The fraction of sp³-hybridized carbons (Fsp3) is 0.286. The number of anilines is 1. The number of carbonyl (C=O) groups excluding carboxylic acids is 2. The Morgan fingerprint density at radius 3 is 2.32 bits per heavy atom. The number of hydrogen-bond acceptors (Lipinski definition) is 4. The van der Waals surface area contributed by atoms with Crippen LogP contribution in [0.2, 0.25) is 5.02 Å². The summed E-state index contributed by atoms with van der Waals surface area (Å²) in [6, 6.07) is 20.2. The van der Waals surface area contributed by atoms with E-state index in [1.54, 1.807) is 24.3 Å². The molecular formula is C28H31ClFN3O4S. The molecule has 3 rings (SSSR count). The first-order chi connectivity index (χ1) is 18.1. The fourth-order valence-electron chi connectivity index (χ4n) is 3.98. The van der Waals surface area contributed by atoms with Crippen molar-refractivity contribution in [2.45, 2.75) is 32.4 Å². The lowest BCUT2D eigenvalue weighted by Crippen LogP contribution is -2.53. The Hall–Kier alpha value is -3.43. The monoisotopic (exact) mass is 559 g/mol. The Balaban J connectivity index is 2.05.